The van der Waals surface area contributed by atoms with E-state index in [1.807, 2.05) is 39.0 Å². The molecule has 1 heterocycles. The summed E-state index contributed by atoms with van der Waals surface area (Å²) in [5.41, 5.74) is 5.66. The molecule has 3 rings (SSSR count). The Morgan fingerprint density at radius 2 is 1.66 bits per heavy atom. The molecule has 0 bridgehead atoms. The molecule has 0 fully saturated rings. The highest BCUT2D eigenvalue weighted by Crippen LogP contribution is 2.41. The summed E-state index contributed by atoms with van der Waals surface area (Å²) in [5.74, 6) is 1.15. The van der Waals surface area contributed by atoms with E-state index >= 15 is 0 Å². The van der Waals surface area contributed by atoms with Crippen LogP contribution in [-0.4, -0.2) is 23.8 Å². The number of aliphatic hydroxyl groups excluding tert-OH is 1. The molecule has 188 valence electrons. The molecule has 35 heavy (non-hydrogen) atoms. The van der Waals surface area contributed by atoms with E-state index in [-0.39, 0.29) is 23.4 Å². The molecule has 1 aliphatic rings. The maximum absolute atomic E-state index is 11.3. The Balaban J connectivity index is 1.86. The van der Waals surface area contributed by atoms with E-state index in [2.05, 4.69) is 58.0 Å². The van der Waals surface area contributed by atoms with Crippen LogP contribution >= 0.6 is 0 Å². The minimum absolute atomic E-state index is 0.106. The van der Waals surface area contributed by atoms with Crippen LogP contribution < -0.4 is 4.74 Å². The third-order valence-corrected chi connectivity index (χ3v) is 7.21. The molecular formula is C31H40O4. The molecule has 0 amide bonds. The van der Waals surface area contributed by atoms with Crippen molar-refractivity contribution in [2.75, 3.05) is 6.61 Å². The van der Waals surface area contributed by atoms with Gasteiger partial charge in [0.25, 0.3) is 0 Å². The lowest BCUT2D eigenvalue weighted by atomic mass is 9.70. The van der Waals surface area contributed by atoms with Crippen LogP contribution in [-0.2, 0) is 14.9 Å². The third-order valence-electron chi connectivity index (χ3n) is 7.21. The molecule has 0 radical (unpaired) electrons. The second-order valence-corrected chi connectivity index (χ2v) is 10.6. The maximum Gasteiger partial charge on any atom is 0.314 e. The van der Waals surface area contributed by atoms with Gasteiger partial charge in [-0.2, -0.15) is 0 Å². The van der Waals surface area contributed by atoms with Gasteiger partial charge in [-0.25, -0.2) is 0 Å². The summed E-state index contributed by atoms with van der Waals surface area (Å²) in [5, 5.41) is 10.4. The molecule has 4 nitrogen and oxygen atoms in total. The van der Waals surface area contributed by atoms with Crippen molar-refractivity contribution < 1.29 is 19.4 Å². The summed E-state index contributed by atoms with van der Waals surface area (Å²) in [4.78, 5) is 11.3. The summed E-state index contributed by atoms with van der Waals surface area (Å²) in [7, 11) is 0. The van der Waals surface area contributed by atoms with Gasteiger partial charge in [0, 0.05) is 5.41 Å². The molecule has 0 aliphatic carbocycles. The number of aryl methyl sites for hydroxylation is 2. The van der Waals surface area contributed by atoms with E-state index in [1.54, 1.807) is 6.08 Å². The van der Waals surface area contributed by atoms with Gasteiger partial charge in [0.2, 0.25) is 0 Å². The summed E-state index contributed by atoms with van der Waals surface area (Å²) < 4.78 is 11.1. The number of hydrogen-bond acceptors (Lipinski definition) is 4. The number of carbonyl (C=O) groups is 1. The second kappa shape index (κ2) is 10.8. The van der Waals surface area contributed by atoms with Gasteiger partial charge in [0.05, 0.1) is 12.5 Å². The lowest BCUT2D eigenvalue weighted by Gasteiger charge is -2.34. The molecule has 0 spiro atoms. The van der Waals surface area contributed by atoms with E-state index in [4.69, 9.17) is 9.47 Å². The number of benzene rings is 2. The maximum atomic E-state index is 11.3. The van der Waals surface area contributed by atoms with Gasteiger partial charge < -0.3 is 14.6 Å². The quantitative estimate of drug-likeness (QED) is 0.394. The topological polar surface area (TPSA) is 55.8 Å². The Hall–Kier alpha value is -2.85. The summed E-state index contributed by atoms with van der Waals surface area (Å²) in [6, 6.07) is 13.1. The predicted molar refractivity (Wildman–Crippen MR) is 143 cm³/mol. The van der Waals surface area contributed by atoms with Crippen LogP contribution in [0.3, 0.4) is 0 Å². The molecule has 1 aliphatic heterocycles. The molecule has 0 saturated heterocycles. The first kappa shape index (κ1) is 26.7. The zero-order valence-electron chi connectivity index (χ0n) is 22.3. The zero-order chi connectivity index (χ0) is 25.8. The van der Waals surface area contributed by atoms with Gasteiger partial charge in [-0.05, 0) is 72.1 Å². The number of cyclic esters (lactones) is 1. The number of aliphatic hydroxyl groups is 1. The van der Waals surface area contributed by atoms with Gasteiger partial charge in [0.15, 0.2) is 0 Å². The van der Waals surface area contributed by atoms with E-state index in [9.17, 15) is 9.90 Å². The van der Waals surface area contributed by atoms with E-state index in [0.717, 1.165) is 29.7 Å². The van der Waals surface area contributed by atoms with Gasteiger partial charge in [0.1, 0.15) is 18.1 Å². The van der Waals surface area contributed by atoms with Crippen molar-refractivity contribution in [3.63, 3.8) is 0 Å². The smallest absolute Gasteiger partial charge is 0.314 e. The molecule has 1 atom stereocenters. The molecular weight excluding hydrogens is 436 g/mol. The number of rotatable bonds is 9. The van der Waals surface area contributed by atoms with Crippen molar-refractivity contribution in [1.82, 2.24) is 0 Å². The fraction of sp³-hybridized carbons (Fsp3) is 0.452. The highest BCUT2D eigenvalue weighted by molar-refractivity contribution is 5.75. The van der Waals surface area contributed by atoms with Crippen molar-refractivity contribution >= 4 is 12.0 Å². The van der Waals surface area contributed by atoms with Crippen molar-refractivity contribution in [3.05, 3.63) is 82.1 Å². The fourth-order valence-corrected chi connectivity index (χ4v) is 4.65. The van der Waals surface area contributed by atoms with Crippen LogP contribution in [0, 0.1) is 19.3 Å². The number of ether oxygens (including phenoxy) is 2. The first-order valence-electron chi connectivity index (χ1n) is 12.6. The van der Waals surface area contributed by atoms with Crippen LogP contribution in [0.5, 0.6) is 5.75 Å². The minimum Gasteiger partial charge on any atom is -0.485 e. The van der Waals surface area contributed by atoms with Crippen molar-refractivity contribution in [3.8, 4) is 5.75 Å². The normalized spacial score (nSPS) is 15.3. The number of carbonyl (C=O) groups excluding carboxylic acids is 1. The van der Waals surface area contributed by atoms with Gasteiger partial charge in [-0.1, -0.05) is 77.1 Å². The Bertz CT molecular complexity index is 1110. The summed E-state index contributed by atoms with van der Waals surface area (Å²) >= 11 is 0. The fourth-order valence-electron chi connectivity index (χ4n) is 4.65. The molecule has 1 N–H and O–H groups in total. The highest BCUT2D eigenvalue weighted by Gasteiger charge is 2.31. The second-order valence-electron chi connectivity index (χ2n) is 10.6. The van der Waals surface area contributed by atoms with Crippen LogP contribution in [0.25, 0.3) is 6.08 Å². The van der Waals surface area contributed by atoms with Crippen molar-refractivity contribution in [2.45, 2.75) is 79.2 Å². The van der Waals surface area contributed by atoms with Gasteiger partial charge in [-0.15, -0.1) is 0 Å². The van der Waals surface area contributed by atoms with Crippen LogP contribution in [0.4, 0.5) is 0 Å². The number of esters is 1. The Morgan fingerprint density at radius 3 is 2.17 bits per heavy atom. The SMILES string of the molecule is CCC(CC)(c1ccc(C=CC(O)C(C)(C)C)c(C)c1)c1ccc(OCC2=CCC(=O)O2)c(C)c1. The van der Waals surface area contributed by atoms with E-state index in [1.165, 1.54) is 16.7 Å². The van der Waals surface area contributed by atoms with E-state index < -0.39 is 6.10 Å². The van der Waals surface area contributed by atoms with E-state index in [0.29, 0.717) is 12.2 Å². The predicted octanol–water partition coefficient (Wildman–Crippen LogP) is 7.04. The van der Waals surface area contributed by atoms with Crippen molar-refractivity contribution in [1.29, 1.82) is 0 Å². The van der Waals surface area contributed by atoms with Crippen molar-refractivity contribution in [2.24, 2.45) is 5.41 Å². The van der Waals surface area contributed by atoms with Crippen LogP contribution in [0.2, 0.25) is 0 Å². The third kappa shape index (κ3) is 6.05. The standard InChI is InChI=1S/C31H40O4/c1-8-31(9-2,24-12-10-23(21(3)18-24)11-16-28(32)30(5,6)7)25-13-15-27(22(4)19-25)34-20-26-14-17-29(33)35-26/h10-16,18-19,28,32H,8-9,17,20H2,1-7H3. The largest absolute Gasteiger partial charge is 0.485 e. The summed E-state index contributed by atoms with van der Waals surface area (Å²) in [6.07, 6.45) is 7.47. The lowest BCUT2D eigenvalue weighted by Crippen LogP contribution is -2.26. The average Bonchev–Trinajstić information content (AvgIpc) is 3.23. The first-order chi connectivity index (χ1) is 16.5. The highest BCUT2D eigenvalue weighted by atomic mass is 16.6. The monoisotopic (exact) mass is 476 g/mol. The molecule has 0 saturated carbocycles. The Morgan fingerprint density at radius 1 is 1.03 bits per heavy atom. The minimum atomic E-state index is -0.493. The Labute approximate surface area is 210 Å². The lowest BCUT2D eigenvalue weighted by molar-refractivity contribution is -0.136. The molecule has 2 aromatic rings. The zero-order valence-corrected chi connectivity index (χ0v) is 22.3. The number of hydrogen-bond donors (Lipinski definition) is 1. The average molecular weight is 477 g/mol. The first-order valence-corrected chi connectivity index (χ1v) is 12.6. The molecule has 2 aromatic carbocycles. The Kier molecular flexibility index (Phi) is 8.27. The van der Waals surface area contributed by atoms with Crippen LogP contribution in [0.1, 0.15) is 81.7 Å². The molecule has 1 unspecified atom stereocenters. The van der Waals surface area contributed by atoms with Gasteiger partial charge >= 0.3 is 5.97 Å². The summed E-state index contributed by atoms with van der Waals surface area (Å²) in [6.45, 7) is 15.0. The van der Waals surface area contributed by atoms with Gasteiger partial charge in [-0.3, -0.25) is 4.79 Å². The molecule has 4 heteroatoms. The molecule has 0 aromatic heterocycles. The van der Waals surface area contributed by atoms with Crippen LogP contribution in [0.15, 0.2) is 54.3 Å².